The smallest absolute Gasteiger partial charge is 0.264 e. The van der Waals surface area contributed by atoms with Gasteiger partial charge in [-0.2, -0.15) is 0 Å². The molecule has 0 bridgehead atoms. The molecule has 0 saturated heterocycles. The topological polar surface area (TPSA) is 89.2 Å². The lowest BCUT2D eigenvalue weighted by atomic mass is 10.2. The summed E-state index contributed by atoms with van der Waals surface area (Å²) in [6.45, 7) is 1.90. The number of thiazole rings is 1. The second-order valence-corrected chi connectivity index (χ2v) is 7.92. The molecular formula is C16H13N5O2S2. The molecule has 4 rings (SSSR count). The van der Waals surface area contributed by atoms with Gasteiger partial charge in [-0.3, -0.25) is 4.40 Å². The Labute approximate surface area is 148 Å². The van der Waals surface area contributed by atoms with Crippen LogP contribution in [0.1, 0.15) is 5.69 Å². The number of nitrogens with zero attached hydrogens (tertiary/aromatic N) is 4. The van der Waals surface area contributed by atoms with Crippen LogP contribution < -0.4 is 4.72 Å². The molecule has 0 atom stereocenters. The van der Waals surface area contributed by atoms with Crippen LogP contribution in [0.2, 0.25) is 0 Å². The van der Waals surface area contributed by atoms with Crippen LogP contribution in [0.15, 0.2) is 58.9 Å². The molecule has 0 saturated carbocycles. The molecule has 4 aromatic rings. The van der Waals surface area contributed by atoms with Crippen molar-refractivity contribution in [3.05, 3.63) is 59.7 Å². The Kier molecular flexibility index (Phi) is 3.74. The van der Waals surface area contributed by atoms with E-state index in [1.54, 1.807) is 34.9 Å². The highest BCUT2D eigenvalue weighted by atomic mass is 32.2. The number of aromatic nitrogens is 4. The highest BCUT2D eigenvalue weighted by molar-refractivity contribution is 7.92. The lowest BCUT2D eigenvalue weighted by molar-refractivity contribution is 0.600. The van der Waals surface area contributed by atoms with Crippen LogP contribution in [0.4, 0.5) is 5.95 Å². The van der Waals surface area contributed by atoms with Crippen molar-refractivity contribution in [1.82, 2.24) is 19.6 Å². The third-order valence-corrected chi connectivity index (χ3v) is 5.88. The Bertz CT molecular complexity index is 1160. The lowest BCUT2D eigenvalue weighted by Gasteiger charge is -2.07. The van der Waals surface area contributed by atoms with Crippen LogP contribution in [0, 0.1) is 6.92 Å². The number of anilines is 1. The van der Waals surface area contributed by atoms with Crippen molar-refractivity contribution in [2.75, 3.05) is 4.72 Å². The van der Waals surface area contributed by atoms with E-state index >= 15 is 0 Å². The molecule has 0 aliphatic heterocycles. The summed E-state index contributed by atoms with van der Waals surface area (Å²) in [6, 6.07) is 12.0. The monoisotopic (exact) mass is 371 g/mol. The molecule has 0 fully saturated rings. The summed E-state index contributed by atoms with van der Waals surface area (Å²) in [5, 5.41) is 10.6. The van der Waals surface area contributed by atoms with Gasteiger partial charge >= 0.3 is 0 Å². The summed E-state index contributed by atoms with van der Waals surface area (Å²) in [7, 11) is -3.79. The van der Waals surface area contributed by atoms with Crippen LogP contribution in [-0.2, 0) is 10.0 Å². The number of hydrogen-bond acceptors (Lipinski definition) is 6. The van der Waals surface area contributed by atoms with Gasteiger partial charge in [0.15, 0.2) is 5.65 Å². The molecule has 9 heteroatoms. The Morgan fingerprint density at radius 3 is 2.80 bits per heavy atom. The number of aryl methyl sites for hydroxylation is 1. The van der Waals surface area contributed by atoms with E-state index in [1.165, 1.54) is 17.4 Å². The average molecular weight is 371 g/mol. The van der Waals surface area contributed by atoms with Gasteiger partial charge in [0.1, 0.15) is 5.01 Å². The quantitative estimate of drug-likeness (QED) is 0.596. The number of benzene rings is 1. The molecule has 25 heavy (non-hydrogen) atoms. The maximum absolute atomic E-state index is 12.7. The SMILES string of the molecule is Cc1csc(-c2cccc(S(=O)(=O)Nc3nnc4ccccn34)c2)n1. The molecule has 126 valence electrons. The highest BCUT2D eigenvalue weighted by Gasteiger charge is 2.18. The van der Waals surface area contributed by atoms with Gasteiger partial charge in [-0.05, 0) is 31.2 Å². The predicted molar refractivity (Wildman–Crippen MR) is 96.1 cm³/mol. The minimum atomic E-state index is -3.79. The van der Waals surface area contributed by atoms with Gasteiger partial charge in [0.2, 0.25) is 5.95 Å². The summed E-state index contributed by atoms with van der Waals surface area (Å²) < 4.78 is 29.5. The minimum Gasteiger partial charge on any atom is -0.268 e. The maximum Gasteiger partial charge on any atom is 0.264 e. The standard InChI is InChI=1S/C16H13N5O2S2/c1-11-10-24-15(17-11)12-5-4-6-13(9-12)25(22,23)20-16-19-18-14-7-2-3-8-21(14)16/h2-10H,1H3,(H,19,20). The van der Waals surface area contributed by atoms with Gasteiger partial charge in [-0.15, -0.1) is 21.5 Å². The molecule has 0 spiro atoms. The number of fused-ring (bicyclic) bond motifs is 1. The number of hydrogen-bond donors (Lipinski definition) is 1. The first kappa shape index (κ1) is 15.7. The molecule has 3 aromatic heterocycles. The molecule has 0 amide bonds. The molecule has 0 radical (unpaired) electrons. The third-order valence-electron chi connectivity index (χ3n) is 3.55. The van der Waals surface area contributed by atoms with Crippen LogP contribution in [0.3, 0.4) is 0 Å². The van der Waals surface area contributed by atoms with E-state index in [4.69, 9.17) is 0 Å². The first-order valence-electron chi connectivity index (χ1n) is 7.38. The van der Waals surface area contributed by atoms with Crippen LogP contribution >= 0.6 is 11.3 Å². The van der Waals surface area contributed by atoms with Crippen molar-refractivity contribution in [3.8, 4) is 10.6 Å². The molecule has 1 N–H and O–H groups in total. The molecule has 7 nitrogen and oxygen atoms in total. The van der Waals surface area contributed by atoms with Crippen LogP contribution in [-0.4, -0.2) is 28.0 Å². The van der Waals surface area contributed by atoms with E-state index in [2.05, 4.69) is 19.9 Å². The van der Waals surface area contributed by atoms with Gasteiger partial charge in [-0.25, -0.2) is 18.1 Å². The summed E-state index contributed by atoms with van der Waals surface area (Å²) in [5.74, 6) is 0.145. The van der Waals surface area contributed by atoms with E-state index in [0.29, 0.717) is 5.65 Å². The number of pyridine rings is 1. The van der Waals surface area contributed by atoms with E-state index in [-0.39, 0.29) is 10.8 Å². The van der Waals surface area contributed by atoms with Crippen molar-refractivity contribution in [1.29, 1.82) is 0 Å². The van der Waals surface area contributed by atoms with Crippen LogP contribution in [0.25, 0.3) is 16.2 Å². The molecule has 0 unspecified atom stereocenters. The van der Waals surface area contributed by atoms with E-state index in [1.807, 2.05) is 24.4 Å². The van der Waals surface area contributed by atoms with Gasteiger partial charge in [0.05, 0.1) is 4.90 Å². The first-order valence-corrected chi connectivity index (χ1v) is 9.74. The van der Waals surface area contributed by atoms with Crippen molar-refractivity contribution >= 4 is 33.0 Å². The zero-order chi connectivity index (χ0) is 17.4. The summed E-state index contributed by atoms with van der Waals surface area (Å²) >= 11 is 1.48. The second kappa shape index (κ2) is 5.94. The Hall–Kier alpha value is -2.78. The average Bonchev–Trinajstić information content (AvgIpc) is 3.22. The number of nitrogens with one attached hydrogen (secondary N) is 1. The molecular weight excluding hydrogens is 358 g/mol. The van der Waals surface area contributed by atoms with Gasteiger partial charge < -0.3 is 0 Å². The normalized spacial score (nSPS) is 11.7. The van der Waals surface area contributed by atoms with Crippen molar-refractivity contribution in [2.24, 2.45) is 0 Å². The largest absolute Gasteiger partial charge is 0.268 e. The molecule has 0 aliphatic carbocycles. The number of rotatable bonds is 4. The fraction of sp³-hybridized carbons (Fsp3) is 0.0625. The number of sulfonamides is 1. The van der Waals surface area contributed by atoms with Crippen molar-refractivity contribution in [2.45, 2.75) is 11.8 Å². The van der Waals surface area contributed by atoms with Crippen LogP contribution in [0.5, 0.6) is 0 Å². The second-order valence-electron chi connectivity index (χ2n) is 5.38. The Balaban J connectivity index is 1.71. The van der Waals surface area contributed by atoms with Gasteiger partial charge in [-0.1, -0.05) is 18.2 Å². The van der Waals surface area contributed by atoms with E-state index in [0.717, 1.165) is 16.3 Å². The Morgan fingerprint density at radius 2 is 2.00 bits per heavy atom. The molecule has 0 aliphatic rings. The first-order chi connectivity index (χ1) is 12.0. The fourth-order valence-corrected chi connectivity index (χ4v) is 4.20. The summed E-state index contributed by atoms with van der Waals surface area (Å²) in [5.41, 5.74) is 2.22. The zero-order valence-electron chi connectivity index (χ0n) is 13.1. The van der Waals surface area contributed by atoms with E-state index in [9.17, 15) is 8.42 Å². The minimum absolute atomic E-state index is 0.144. The summed E-state index contributed by atoms with van der Waals surface area (Å²) in [6.07, 6.45) is 1.70. The molecule has 3 heterocycles. The third kappa shape index (κ3) is 2.99. The zero-order valence-corrected chi connectivity index (χ0v) is 14.8. The predicted octanol–water partition coefficient (Wildman–Crippen LogP) is 2.96. The van der Waals surface area contributed by atoms with Crippen molar-refractivity contribution in [3.63, 3.8) is 0 Å². The van der Waals surface area contributed by atoms with Gasteiger partial charge in [0.25, 0.3) is 10.0 Å². The van der Waals surface area contributed by atoms with Crippen molar-refractivity contribution < 1.29 is 8.42 Å². The van der Waals surface area contributed by atoms with Gasteiger partial charge in [0, 0.05) is 22.8 Å². The summed E-state index contributed by atoms with van der Waals surface area (Å²) in [4.78, 5) is 4.54. The van der Waals surface area contributed by atoms with E-state index < -0.39 is 10.0 Å². The highest BCUT2D eigenvalue weighted by Crippen LogP contribution is 2.26. The lowest BCUT2D eigenvalue weighted by Crippen LogP contribution is -2.15. The maximum atomic E-state index is 12.7. The molecule has 1 aromatic carbocycles. The fourth-order valence-electron chi connectivity index (χ4n) is 2.37. The Morgan fingerprint density at radius 1 is 1.12 bits per heavy atom.